The summed E-state index contributed by atoms with van der Waals surface area (Å²) in [6.07, 6.45) is 7.14. The highest BCUT2D eigenvalue weighted by Crippen LogP contribution is 2.27. The van der Waals surface area contributed by atoms with Gasteiger partial charge < -0.3 is 5.32 Å². The molecule has 1 nitrogen and oxygen atoms in total. The fraction of sp³-hybridized carbons (Fsp3) is 0.385. The number of hydrogen-bond acceptors (Lipinski definition) is 1. The molecule has 0 aromatic heterocycles. The summed E-state index contributed by atoms with van der Waals surface area (Å²) >= 11 is 9.44. The molecule has 0 fully saturated rings. The zero-order chi connectivity index (χ0) is 12.0. The first-order chi connectivity index (χ1) is 7.69. The Balaban J connectivity index is 2.84. The molecule has 0 bridgehead atoms. The molecule has 1 rings (SSSR count). The van der Waals surface area contributed by atoms with E-state index >= 15 is 0 Å². The lowest BCUT2D eigenvalue weighted by molar-refractivity contribution is 0.542. The van der Waals surface area contributed by atoms with Gasteiger partial charge in [0.25, 0.3) is 0 Å². The quantitative estimate of drug-likeness (QED) is 0.805. The fourth-order valence-corrected chi connectivity index (χ4v) is 1.91. The molecule has 0 aliphatic carbocycles. The van der Waals surface area contributed by atoms with E-state index < -0.39 is 0 Å². The topological polar surface area (TPSA) is 12.0 Å². The Hall–Kier alpha value is -0.490. The molecule has 0 saturated carbocycles. The van der Waals surface area contributed by atoms with Crippen LogP contribution < -0.4 is 5.32 Å². The van der Waals surface area contributed by atoms with Crippen molar-refractivity contribution in [3.05, 3.63) is 33.3 Å². The number of rotatable bonds is 5. The Kier molecular flexibility index (Phi) is 5.90. The highest BCUT2D eigenvalue weighted by Gasteiger charge is 2.10. The number of nitrogens with one attached hydrogen (secondary N) is 1. The van der Waals surface area contributed by atoms with E-state index in [2.05, 4.69) is 34.1 Å². The van der Waals surface area contributed by atoms with Crippen molar-refractivity contribution < 1.29 is 0 Å². The first-order valence-corrected chi connectivity index (χ1v) is 6.48. The van der Waals surface area contributed by atoms with Gasteiger partial charge in [-0.25, -0.2) is 0 Å². The molecular weight excluding hydrogens is 286 g/mol. The van der Waals surface area contributed by atoms with Gasteiger partial charge in [0, 0.05) is 16.9 Å². The van der Waals surface area contributed by atoms with Gasteiger partial charge in [-0.1, -0.05) is 24.6 Å². The molecule has 0 spiro atoms. The minimum atomic E-state index is 0.190. The van der Waals surface area contributed by atoms with Crippen LogP contribution in [0.25, 0.3) is 0 Å². The van der Waals surface area contributed by atoms with Crippen molar-refractivity contribution in [3.8, 4) is 12.3 Å². The van der Waals surface area contributed by atoms with Crippen molar-refractivity contribution in [2.75, 3.05) is 6.54 Å². The van der Waals surface area contributed by atoms with E-state index in [1.54, 1.807) is 0 Å². The molecule has 0 aliphatic rings. The van der Waals surface area contributed by atoms with Crippen LogP contribution in [0.4, 0.5) is 0 Å². The molecule has 0 heterocycles. The molecular formula is C13H15BrClN. The molecule has 0 aliphatic heterocycles. The summed E-state index contributed by atoms with van der Waals surface area (Å²) in [5.41, 5.74) is 1.14. The molecule has 0 radical (unpaired) electrons. The van der Waals surface area contributed by atoms with Crippen LogP contribution in [0.5, 0.6) is 0 Å². The molecule has 0 amide bonds. The second-order valence-corrected chi connectivity index (χ2v) is 4.85. The Morgan fingerprint density at radius 2 is 2.31 bits per heavy atom. The summed E-state index contributed by atoms with van der Waals surface area (Å²) in [4.78, 5) is 0. The maximum absolute atomic E-state index is 6.07. The predicted molar refractivity (Wildman–Crippen MR) is 73.6 cm³/mol. The first-order valence-electron chi connectivity index (χ1n) is 5.30. The van der Waals surface area contributed by atoms with Crippen LogP contribution in [-0.4, -0.2) is 6.54 Å². The maximum atomic E-state index is 6.07. The van der Waals surface area contributed by atoms with Crippen LogP contribution in [0, 0.1) is 12.3 Å². The lowest BCUT2D eigenvalue weighted by atomic mass is 10.0. The second kappa shape index (κ2) is 6.96. The molecule has 1 aromatic rings. The van der Waals surface area contributed by atoms with Gasteiger partial charge in [-0.05, 0) is 46.6 Å². The van der Waals surface area contributed by atoms with Crippen molar-refractivity contribution in [1.29, 1.82) is 0 Å². The van der Waals surface area contributed by atoms with E-state index in [1.165, 1.54) is 0 Å². The van der Waals surface area contributed by atoms with Crippen molar-refractivity contribution in [2.24, 2.45) is 0 Å². The number of benzene rings is 1. The highest BCUT2D eigenvalue weighted by molar-refractivity contribution is 9.10. The average molecular weight is 301 g/mol. The van der Waals surface area contributed by atoms with E-state index in [1.807, 2.05) is 18.2 Å². The first kappa shape index (κ1) is 13.6. The van der Waals surface area contributed by atoms with E-state index in [0.717, 1.165) is 28.0 Å². The van der Waals surface area contributed by atoms with Gasteiger partial charge in [0.1, 0.15) is 0 Å². The number of hydrogen-bond donors (Lipinski definition) is 1. The Labute approximate surface area is 111 Å². The SMILES string of the molecule is C#CCC(NCCC)c1ccc(Br)c(Cl)c1. The largest absolute Gasteiger partial charge is 0.309 e. The van der Waals surface area contributed by atoms with Crippen LogP contribution >= 0.6 is 27.5 Å². The van der Waals surface area contributed by atoms with Crippen LogP contribution in [0.1, 0.15) is 31.4 Å². The van der Waals surface area contributed by atoms with Gasteiger partial charge in [-0.2, -0.15) is 0 Å². The molecule has 3 heteroatoms. The zero-order valence-corrected chi connectivity index (χ0v) is 11.6. The summed E-state index contributed by atoms with van der Waals surface area (Å²) in [6, 6.07) is 6.14. The van der Waals surface area contributed by atoms with Gasteiger partial charge >= 0.3 is 0 Å². The summed E-state index contributed by atoms with van der Waals surface area (Å²) in [7, 11) is 0. The van der Waals surface area contributed by atoms with Gasteiger partial charge in [0.15, 0.2) is 0 Å². The maximum Gasteiger partial charge on any atom is 0.0551 e. The second-order valence-electron chi connectivity index (χ2n) is 3.59. The summed E-state index contributed by atoms with van der Waals surface area (Å²) in [6.45, 7) is 3.09. The average Bonchev–Trinajstić information content (AvgIpc) is 2.28. The number of terminal acetylenes is 1. The van der Waals surface area contributed by atoms with Crippen molar-refractivity contribution in [2.45, 2.75) is 25.8 Å². The number of halogens is 2. The van der Waals surface area contributed by atoms with E-state index in [9.17, 15) is 0 Å². The Bertz CT molecular complexity index is 384. The van der Waals surface area contributed by atoms with Gasteiger partial charge in [-0.3, -0.25) is 0 Å². The Morgan fingerprint density at radius 3 is 2.88 bits per heavy atom. The molecule has 86 valence electrons. The van der Waals surface area contributed by atoms with Crippen molar-refractivity contribution in [1.82, 2.24) is 5.32 Å². The van der Waals surface area contributed by atoms with Gasteiger partial charge in [0.2, 0.25) is 0 Å². The molecule has 1 aromatic carbocycles. The lowest BCUT2D eigenvalue weighted by Crippen LogP contribution is -2.21. The third-order valence-electron chi connectivity index (χ3n) is 2.31. The van der Waals surface area contributed by atoms with Crippen molar-refractivity contribution >= 4 is 27.5 Å². The normalized spacial score (nSPS) is 12.1. The fourth-order valence-electron chi connectivity index (χ4n) is 1.47. The minimum Gasteiger partial charge on any atom is -0.309 e. The molecule has 1 unspecified atom stereocenters. The zero-order valence-electron chi connectivity index (χ0n) is 9.26. The minimum absolute atomic E-state index is 0.190. The van der Waals surface area contributed by atoms with Crippen LogP contribution in [0.2, 0.25) is 5.02 Å². The van der Waals surface area contributed by atoms with Crippen LogP contribution in [0.15, 0.2) is 22.7 Å². The monoisotopic (exact) mass is 299 g/mol. The molecule has 0 saturated heterocycles. The van der Waals surface area contributed by atoms with E-state index in [4.69, 9.17) is 18.0 Å². The van der Waals surface area contributed by atoms with Gasteiger partial charge in [0.05, 0.1) is 5.02 Å². The Morgan fingerprint density at radius 1 is 1.56 bits per heavy atom. The summed E-state index contributed by atoms with van der Waals surface area (Å²) < 4.78 is 0.910. The van der Waals surface area contributed by atoms with Crippen LogP contribution in [0.3, 0.4) is 0 Å². The molecule has 16 heavy (non-hydrogen) atoms. The summed E-state index contributed by atoms with van der Waals surface area (Å²) in [5.74, 6) is 2.69. The van der Waals surface area contributed by atoms with Crippen LogP contribution in [-0.2, 0) is 0 Å². The summed E-state index contributed by atoms with van der Waals surface area (Å²) in [5, 5.41) is 4.14. The smallest absolute Gasteiger partial charge is 0.0551 e. The van der Waals surface area contributed by atoms with E-state index in [-0.39, 0.29) is 6.04 Å². The highest BCUT2D eigenvalue weighted by atomic mass is 79.9. The van der Waals surface area contributed by atoms with E-state index in [0.29, 0.717) is 6.42 Å². The standard InChI is InChI=1S/C13H15BrClN/c1-3-5-13(16-8-4-2)10-6-7-11(14)12(15)9-10/h1,6-7,9,13,16H,4-5,8H2,2H3. The molecule has 1 atom stereocenters. The van der Waals surface area contributed by atoms with Gasteiger partial charge in [-0.15, -0.1) is 12.3 Å². The lowest BCUT2D eigenvalue weighted by Gasteiger charge is -2.17. The predicted octanol–water partition coefficient (Wildman–Crippen LogP) is 4.17. The molecule has 1 N–H and O–H groups in total. The third-order valence-corrected chi connectivity index (χ3v) is 3.54. The van der Waals surface area contributed by atoms with Crippen molar-refractivity contribution in [3.63, 3.8) is 0 Å². The third kappa shape index (κ3) is 3.83.